The van der Waals surface area contributed by atoms with Crippen LogP contribution in [0.25, 0.3) is 11.5 Å². The van der Waals surface area contributed by atoms with Gasteiger partial charge < -0.3 is 18.8 Å². The molecule has 172 valence electrons. The third-order valence-electron chi connectivity index (χ3n) is 5.67. The van der Waals surface area contributed by atoms with Crippen LogP contribution >= 0.6 is 0 Å². The van der Waals surface area contributed by atoms with Crippen molar-refractivity contribution in [1.29, 1.82) is 0 Å². The number of likely N-dealkylation sites (tertiary alicyclic amines) is 1. The topological polar surface area (TPSA) is 81.9 Å². The van der Waals surface area contributed by atoms with Gasteiger partial charge in [0, 0.05) is 12.1 Å². The first-order valence-electron chi connectivity index (χ1n) is 11.2. The van der Waals surface area contributed by atoms with Crippen molar-refractivity contribution in [1.82, 2.24) is 9.88 Å². The van der Waals surface area contributed by atoms with Crippen molar-refractivity contribution >= 4 is 11.9 Å². The van der Waals surface area contributed by atoms with Crippen LogP contribution in [0.15, 0.2) is 59.0 Å². The highest BCUT2D eigenvalue weighted by Gasteiger charge is 2.34. The molecule has 7 nitrogen and oxygen atoms in total. The van der Waals surface area contributed by atoms with Gasteiger partial charge in [-0.3, -0.25) is 4.79 Å². The number of carbonyl (C=O) groups excluding carboxylic acids is 2. The molecular weight excluding hydrogens is 420 g/mol. The predicted molar refractivity (Wildman–Crippen MR) is 123 cm³/mol. The number of aryl methyl sites for hydroxylation is 1. The minimum atomic E-state index is -0.481. The summed E-state index contributed by atoms with van der Waals surface area (Å²) in [5.41, 5.74) is 2.47. The van der Waals surface area contributed by atoms with E-state index in [4.69, 9.17) is 13.9 Å². The number of hydrogen-bond acceptors (Lipinski definition) is 6. The van der Waals surface area contributed by atoms with E-state index in [1.807, 2.05) is 61.5 Å². The summed E-state index contributed by atoms with van der Waals surface area (Å²) in [7, 11) is 0. The van der Waals surface area contributed by atoms with Crippen LogP contribution in [0.2, 0.25) is 0 Å². The Morgan fingerprint density at radius 3 is 2.76 bits per heavy atom. The van der Waals surface area contributed by atoms with Crippen LogP contribution < -0.4 is 4.74 Å². The standard InChI is InChI=1S/C26H28N2O5/c1-3-31-26(30)23-13-8-14-28(23)24(29)16-19-9-7-12-21(15-19)32-17-22-18(2)33-25(27-22)20-10-5-4-6-11-20/h4-7,9-12,15,23H,3,8,13-14,16-17H2,1-2H3/t23-/m1/s1. The largest absolute Gasteiger partial charge is 0.487 e. The van der Waals surface area contributed by atoms with Gasteiger partial charge in [0.25, 0.3) is 0 Å². The molecule has 1 fully saturated rings. The number of carbonyl (C=O) groups is 2. The van der Waals surface area contributed by atoms with E-state index in [0.29, 0.717) is 37.0 Å². The van der Waals surface area contributed by atoms with Crippen LogP contribution in [-0.4, -0.2) is 41.0 Å². The van der Waals surface area contributed by atoms with E-state index in [0.717, 1.165) is 23.2 Å². The molecule has 1 atom stereocenters. The van der Waals surface area contributed by atoms with E-state index >= 15 is 0 Å². The predicted octanol–water partition coefficient (Wildman–Crippen LogP) is 4.33. The number of nitrogens with zero attached hydrogens (tertiary/aromatic N) is 2. The molecule has 0 aliphatic carbocycles. The van der Waals surface area contributed by atoms with Crippen molar-refractivity contribution in [3.8, 4) is 17.2 Å². The van der Waals surface area contributed by atoms with E-state index in [-0.39, 0.29) is 24.9 Å². The Balaban J connectivity index is 1.38. The first kappa shape index (κ1) is 22.6. The Hall–Kier alpha value is -3.61. The van der Waals surface area contributed by atoms with Gasteiger partial charge in [-0.1, -0.05) is 30.3 Å². The van der Waals surface area contributed by atoms with Gasteiger partial charge in [-0.2, -0.15) is 0 Å². The maximum atomic E-state index is 12.9. The highest BCUT2D eigenvalue weighted by molar-refractivity contribution is 5.86. The second-order valence-corrected chi connectivity index (χ2v) is 8.00. The number of ether oxygens (including phenoxy) is 2. The van der Waals surface area contributed by atoms with Gasteiger partial charge in [0.15, 0.2) is 0 Å². The molecular formula is C26H28N2O5. The Labute approximate surface area is 193 Å². The average molecular weight is 449 g/mol. The van der Waals surface area contributed by atoms with Crippen molar-refractivity contribution in [2.24, 2.45) is 0 Å². The lowest BCUT2D eigenvalue weighted by atomic mass is 10.1. The highest BCUT2D eigenvalue weighted by Crippen LogP contribution is 2.24. The summed E-state index contributed by atoms with van der Waals surface area (Å²) < 4.78 is 16.9. The lowest BCUT2D eigenvalue weighted by Crippen LogP contribution is -2.42. The van der Waals surface area contributed by atoms with Gasteiger partial charge >= 0.3 is 5.97 Å². The monoisotopic (exact) mass is 448 g/mol. The number of rotatable bonds is 8. The normalized spacial score (nSPS) is 15.5. The van der Waals surface area contributed by atoms with E-state index in [1.54, 1.807) is 11.8 Å². The van der Waals surface area contributed by atoms with Crippen LogP contribution in [-0.2, 0) is 27.4 Å². The summed E-state index contributed by atoms with van der Waals surface area (Å²) in [5, 5.41) is 0. The van der Waals surface area contributed by atoms with Crippen molar-refractivity contribution in [3.05, 3.63) is 71.6 Å². The number of aromatic nitrogens is 1. The van der Waals surface area contributed by atoms with Gasteiger partial charge in [0.2, 0.25) is 11.8 Å². The first-order chi connectivity index (χ1) is 16.0. The zero-order valence-corrected chi connectivity index (χ0v) is 19.0. The van der Waals surface area contributed by atoms with E-state index in [9.17, 15) is 9.59 Å². The van der Waals surface area contributed by atoms with Crippen molar-refractivity contribution in [2.75, 3.05) is 13.2 Å². The van der Waals surface area contributed by atoms with Crippen molar-refractivity contribution in [2.45, 2.75) is 45.8 Å². The summed E-state index contributed by atoms with van der Waals surface area (Å²) in [6, 6.07) is 16.7. The minimum Gasteiger partial charge on any atom is -0.487 e. The lowest BCUT2D eigenvalue weighted by molar-refractivity contribution is -0.152. The molecule has 2 heterocycles. The fraction of sp³-hybridized carbons (Fsp3) is 0.346. The van der Waals surface area contributed by atoms with Crippen LogP contribution in [0.4, 0.5) is 0 Å². The smallest absolute Gasteiger partial charge is 0.328 e. The van der Waals surface area contributed by atoms with Crippen LogP contribution in [0.5, 0.6) is 5.75 Å². The molecule has 1 aliphatic heterocycles. The molecule has 1 aliphatic rings. The molecule has 0 bridgehead atoms. The Morgan fingerprint density at radius 1 is 1.15 bits per heavy atom. The minimum absolute atomic E-state index is 0.0810. The lowest BCUT2D eigenvalue weighted by Gasteiger charge is -2.23. The summed E-state index contributed by atoms with van der Waals surface area (Å²) in [5.74, 6) is 1.51. The second kappa shape index (κ2) is 10.3. The Kier molecular flexibility index (Phi) is 7.07. The molecule has 1 aromatic heterocycles. The molecule has 4 rings (SSSR count). The summed E-state index contributed by atoms with van der Waals surface area (Å²) in [6.45, 7) is 4.79. The first-order valence-corrected chi connectivity index (χ1v) is 11.2. The zero-order chi connectivity index (χ0) is 23.2. The highest BCUT2D eigenvalue weighted by atomic mass is 16.5. The summed E-state index contributed by atoms with van der Waals surface area (Å²) in [4.78, 5) is 31.2. The average Bonchev–Trinajstić information content (AvgIpc) is 3.46. The maximum absolute atomic E-state index is 12.9. The molecule has 7 heteroatoms. The SMILES string of the molecule is CCOC(=O)[C@H]1CCCN1C(=O)Cc1cccc(OCc2nc(-c3ccccc3)oc2C)c1. The van der Waals surface area contributed by atoms with Gasteiger partial charge in [-0.15, -0.1) is 0 Å². The molecule has 0 N–H and O–H groups in total. The maximum Gasteiger partial charge on any atom is 0.328 e. The van der Waals surface area contributed by atoms with E-state index < -0.39 is 6.04 Å². The Morgan fingerprint density at radius 2 is 1.97 bits per heavy atom. The number of oxazole rings is 1. The van der Waals surface area contributed by atoms with Gasteiger partial charge in [-0.25, -0.2) is 9.78 Å². The van der Waals surface area contributed by atoms with Gasteiger partial charge in [-0.05, 0) is 56.5 Å². The zero-order valence-electron chi connectivity index (χ0n) is 19.0. The molecule has 0 unspecified atom stereocenters. The van der Waals surface area contributed by atoms with Crippen LogP contribution in [0.3, 0.4) is 0 Å². The fourth-order valence-corrected chi connectivity index (χ4v) is 3.99. The Bertz CT molecular complexity index is 1110. The van der Waals surface area contributed by atoms with Crippen LogP contribution in [0.1, 0.15) is 36.8 Å². The quantitative estimate of drug-likeness (QED) is 0.477. The second-order valence-electron chi connectivity index (χ2n) is 8.00. The molecule has 2 aromatic carbocycles. The van der Waals surface area contributed by atoms with E-state index in [1.165, 1.54) is 0 Å². The number of amides is 1. The molecule has 0 saturated carbocycles. The molecule has 1 saturated heterocycles. The molecule has 0 radical (unpaired) electrons. The number of benzene rings is 2. The summed E-state index contributed by atoms with van der Waals surface area (Å²) in [6.07, 6.45) is 1.66. The fourth-order valence-electron chi connectivity index (χ4n) is 3.99. The van der Waals surface area contributed by atoms with Crippen molar-refractivity contribution in [3.63, 3.8) is 0 Å². The summed E-state index contributed by atoms with van der Waals surface area (Å²) >= 11 is 0. The van der Waals surface area contributed by atoms with E-state index in [2.05, 4.69) is 4.98 Å². The molecule has 33 heavy (non-hydrogen) atoms. The third kappa shape index (κ3) is 5.42. The number of hydrogen-bond donors (Lipinski definition) is 0. The molecule has 0 spiro atoms. The van der Waals surface area contributed by atoms with Crippen molar-refractivity contribution < 1.29 is 23.5 Å². The van der Waals surface area contributed by atoms with Gasteiger partial charge in [0.1, 0.15) is 29.9 Å². The third-order valence-corrected chi connectivity index (χ3v) is 5.67. The van der Waals surface area contributed by atoms with Crippen LogP contribution in [0, 0.1) is 6.92 Å². The molecule has 3 aromatic rings. The number of esters is 1. The molecule has 1 amide bonds. The van der Waals surface area contributed by atoms with Gasteiger partial charge in [0.05, 0.1) is 13.0 Å².